The summed E-state index contributed by atoms with van der Waals surface area (Å²) in [5, 5.41) is 5.37. The SMILES string of the molecule is CCC1(C(=O)c2cncc3ccccc23)CCNC1. The summed E-state index contributed by atoms with van der Waals surface area (Å²) in [6.45, 7) is 3.81. The average Bonchev–Trinajstić information content (AvgIpc) is 2.96. The zero-order valence-electron chi connectivity index (χ0n) is 11.1. The summed E-state index contributed by atoms with van der Waals surface area (Å²) in [7, 11) is 0. The Hall–Kier alpha value is -1.74. The Balaban J connectivity index is 2.11. The third kappa shape index (κ3) is 1.94. The van der Waals surface area contributed by atoms with Crippen LogP contribution in [0.15, 0.2) is 36.7 Å². The van der Waals surface area contributed by atoms with Gasteiger partial charge >= 0.3 is 0 Å². The zero-order chi connectivity index (χ0) is 13.3. The van der Waals surface area contributed by atoms with E-state index < -0.39 is 0 Å². The quantitative estimate of drug-likeness (QED) is 0.856. The van der Waals surface area contributed by atoms with E-state index in [1.807, 2.05) is 30.5 Å². The lowest BCUT2D eigenvalue weighted by Crippen LogP contribution is -2.33. The van der Waals surface area contributed by atoms with Crippen molar-refractivity contribution in [3.8, 4) is 0 Å². The largest absolute Gasteiger partial charge is 0.316 e. The molecule has 98 valence electrons. The van der Waals surface area contributed by atoms with E-state index in [1.54, 1.807) is 6.20 Å². The van der Waals surface area contributed by atoms with Crippen LogP contribution in [-0.2, 0) is 0 Å². The number of ketones is 1. The van der Waals surface area contributed by atoms with Crippen molar-refractivity contribution in [1.82, 2.24) is 10.3 Å². The number of hydrogen-bond acceptors (Lipinski definition) is 3. The summed E-state index contributed by atoms with van der Waals surface area (Å²) in [6.07, 6.45) is 5.34. The Morgan fingerprint density at radius 3 is 2.95 bits per heavy atom. The third-order valence-electron chi connectivity index (χ3n) is 4.32. The molecule has 1 aliphatic rings. The predicted molar refractivity (Wildman–Crippen MR) is 76.3 cm³/mol. The van der Waals surface area contributed by atoms with E-state index in [0.717, 1.165) is 42.3 Å². The molecule has 0 aliphatic carbocycles. The van der Waals surface area contributed by atoms with E-state index in [9.17, 15) is 4.79 Å². The summed E-state index contributed by atoms with van der Waals surface area (Å²) in [5.41, 5.74) is 0.523. The van der Waals surface area contributed by atoms with E-state index in [4.69, 9.17) is 0 Å². The second-order valence-electron chi connectivity index (χ2n) is 5.30. The lowest BCUT2D eigenvalue weighted by molar-refractivity contribution is 0.0812. The molecule has 1 fully saturated rings. The molecule has 0 amide bonds. The fraction of sp³-hybridized carbons (Fsp3) is 0.375. The maximum Gasteiger partial charge on any atom is 0.172 e. The van der Waals surface area contributed by atoms with Crippen molar-refractivity contribution in [2.24, 2.45) is 5.41 Å². The molecule has 3 heteroatoms. The molecular weight excluding hydrogens is 236 g/mol. The van der Waals surface area contributed by atoms with Crippen molar-refractivity contribution in [3.05, 3.63) is 42.2 Å². The molecule has 1 aromatic carbocycles. The summed E-state index contributed by atoms with van der Waals surface area (Å²) in [5.74, 6) is 0.240. The number of carbonyl (C=O) groups excluding carboxylic acids is 1. The first-order chi connectivity index (χ1) is 9.27. The minimum absolute atomic E-state index is 0.240. The van der Waals surface area contributed by atoms with Crippen LogP contribution in [-0.4, -0.2) is 23.9 Å². The van der Waals surface area contributed by atoms with Crippen LogP contribution in [0.25, 0.3) is 10.8 Å². The molecule has 1 atom stereocenters. The minimum Gasteiger partial charge on any atom is -0.316 e. The number of fused-ring (bicyclic) bond motifs is 1. The molecule has 19 heavy (non-hydrogen) atoms. The standard InChI is InChI=1S/C16H18N2O/c1-2-16(7-8-17-11-16)15(19)14-10-18-9-12-5-3-4-6-13(12)14/h3-6,9-10,17H,2,7-8,11H2,1H3. The molecule has 3 rings (SSSR count). The first kappa shape index (κ1) is 12.3. The van der Waals surface area contributed by atoms with Crippen molar-refractivity contribution in [3.63, 3.8) is 0 Å². The third-order valence-corrected chi connectivity index (χ3v) is 4.32. The molecule has 1 aromatic heterocycles. The maximum atomic E-state index is 12.9. The molecule has 1 N–H and O–H groups in total. The lowest BCUT2D eigenvalue weighted by atomic mass is 9.77. The molecule has 2 heterocycles. The summed E-state index contributed by atoms with van der Waals surface area (Å²) in [4.78, 5) is 17.2. The molecule has 0 spiro atoms. The van der Waals surface area contributed by atoms with Gasteiger partial charge in [0.25, 0.3) is 0 Å². The van der Waals surface area contributed by atoms with Crippen molar-refractivity contribution in [2.75, 3.05) is 13.1 Å². The van der Waals surface area contributed by atoms with Crippen LogP contribution in [0.4, 0.5) is 0 Å². The monoisotopic (exact) mass is 254 g/mol. The molecular formula is C16H18N2O. The number of Topliss-reactive ketones (excluding diaryl/α,β-unsaturated/α-hetero) is 1. The second kappa shape index (κ2) is 4.74. The van der Waals surface area contributed by atoms with Gasteiger partial charge in [-0.25, -0.2) is 0 Å². The van der Waals surface area contributed by atoms with Gasteiger partial charge in [0.2, 0.25) is 0 Å². The summed E-state index contributed by atoms with van der Waals surface area (Å²) < 4.78 is 0. The van der Waals surface area contributed by atoms with Gasteiger partial charge in [0.05, 0.1) is 0 Å². The van der Waals surface area contributed by atoms with E-state index in [0.29, 0.717) is 0 Å². The van der Waals surface area contributed by atoms with Crippen LogP contribution < -0.4 is 5.32 Å². The smallest absolute Gasteiger partial charge is 0.172 e. The lowest BCUT2D eigenvalue weighted by Gasteiger charge is -2.25. The van der Waals surface area contributed by atoms with Crippen molar-refractivity contribution < 1.29 is 4.79 Å². The maximum absolute atomic E-state index is 12.9. The fourth-order valence-electron chi connectivity index (χ4n) is 2.98. The second-order valence-corrected chi connectivity index (χ2v) is 5.30. The van der Waals surface area contributed by atoms with Gasteiger partial charge in [0, 0.05) is 35.3 Å². The molecule has 1 unspecified atom stereocenters. The molecule has 0 radical (unpaired) electrons. The topological polar surface area (TPSA) is 42.0 Å². The highest BCUT2D eigenvalue weighted by Crippen LogP contribution is 2.35. The van der Waals surface area contributed by atoms with Gasteiger partial charge in [-0.1, -0.05) is 31.2 Å². The van der Waals surface area contributed by atoms with E-state index in [-0.39, 0.29) is 11.2 Å². The average molecular weight is 254 g/mol. The van der Waals surface area contributed by atoms with Crippen molar-refractivity contribution in [1.29, 1.82) is 0 Å². The highest BCUT2D eigenvalue weighted by Gasteiger charge is 2.40. The van der Waals surface area contributed by atoms with Gasteiger partial charge in [-0.15, -0.1) is 0 Å². The summed E-state index contributed by atoms with van der Waals surface area (Å²) >= 11 is 0. The van der Waals surface area contributed by atoms with Gasteiger partial charge in [-0.3, -0.25) is 9.78 Å². The number of rotatable bonds is 3. The first-order valence-electron chi connectivity index (χ1n) is 6.85. The van der Waals surface area contributed by atoms with E-state index in [1.165, 1.54) is 0 Å². The van der Waals surface area contributed by atoms with Gasteiger partial charge in [0.1, 0.15) is 0 Å². The number of hydrogen-bond donors (Lipinski definition) is 1. The number of aromatic nitrogens is 1. The van der Waals surface area contributed by atoms with Crippen molar-refractivity contribution >= 4 is 16.6 Å². The molecule has 0 bridgehead atoms. The number of pyridine rings is 1. The van der Waals surface area contributed by atoms with Crippen LogP contribution in [0.1, 0.15) is 30.1 Å². The fourth-order valence-corrected chi connectivity index (χ4v) is 2.98. The highest BCUT2D eigenvalue weighted by atomic mass is 16.1. The van der Waals surface area contributed by atoms with Crippen molar-refractivity contribution in [2.45, 2.75) is 19.8 Å². The summed E-state index contributed by atoms with van der Waals surface area (Å²) in [6, 6.07) is 7.97. The minimum atomic E-state index is -0.244. The first-order valence-corrected chi connectivity index (χ1v) is 6.85. The van der Waals surface area contributed by atoms with E-state index in [2.05, 4.69) is 17.2 Å². The van der Waals surface area contributed by atoms with Crippen LogP contribution in [0.2, 0.25) is 0 Å². The number of carbonyl (C=O) groups is 1. The van der Waals surface area contributed by atoms with Crippen LogP contribution in [0, 0.1) is 5.41 Å². The van der Waals surface area contributed by atoms with Crippen LogP contribution in [0.5, 0.6) is 0 Å². The molecule has 1 saturated heterocycles. The van der Waals surface area contributed by atoms with Crippen LogP contribution >= 0.6 is 0 Å². The molecule has 3 nitrogen and oxygen atoms in total. The highest BCUT2D eigenvalue weighted by molar-refractivity contribution is 6.10. The Morgan fingerprint density at radius 2 is 2.21 bits per heavy atom. The number of nitrogens with zero attached hydrogens (tertiary/aromatic N) is 1. The normalized spacial score (nSPS) is 22.8. The molecule has 1 aliphatic heterocycles. The Morgan fingerprint density at radius 1 is 1.37 bits per heavy atom. The Bertz CT molecular complexity index is 610. The molecule has 0 saturated carbocycles. The van der Waals surface area contributed by atoms with Gasteiger partial charge in [-0.05, 0) is 24.8 Å². The number of benzene rings is 1. The Labute approximate surface area is 113 Å². The molecule has 2 aromatic rings. The van der Waals surface area contributed by atoms with E-state index >= 15 is 0 Å². The zero-order valence-corrected chi connectivity index (χ0v) is 11.1. The van der Waals surface area contributed by atoms with Gasteiger partial charge < -0.3 is 5.32 Å². The predicted octanol–water partition coefficient (Wildman–Crippen LogP) is 2.81. The van der Waals surface area contributed by atoms with Gasteiger partial charge in [-0.2, -0.15) is 0 Å². The number of nitrogens with one attached hydrogen (secondary N) is 1. The van der Waals surface area contributed by atoms with Gasteiger partial charge in [0.15, 0.2) is 5.78 Å². The van der Waals surface area contributed by atoms with Crippen LogP contribution in [0.3, 0.4) is 0 Å². The Kier molecular flexibility index (Phi) is 3.07.